The molecule has 0 aliphatic carbocycles. The molecule has 0 radical (unpaired) electrons. The van der Waals surface area contributed by atoms with Gasteiger partial charge in [0.15, 0.2) is 0 Å². The average Bonchev–Trinajstić information content (AvgIpc) is 2.67. The third kappa shape index (κ3) is 2.78. The summed E-state index contributed by atoms with van der Waals surface area (Å²) in [5.74, 6) is 1.98. The molecule has 2 saturated heterocycles. The van der Waals surface area contributed by atoms with E-state index in [2.05, 4.69) is 37.6 Å². The Hall–Kier alpha value is -0.0800. The summed E-state index contributed by atoms with van der Waals surface area (Å²) in [5, 5.41) is 0. The Morgan fingerprint density at radius 1 is 0.875 bits per heavy atom. The molecule has 0 amide bonds. The molecular weight excluding hydrogens is 196 g/mol. The third-order valence-corrected chi connectivity index (χ3v) is 4.60. The molecule has 1 atom stereocenters. The van der Waals surface area contributed by atoms with Crippen molar-refractivity contribution >= 4 is 0 Å². The van der Waals surface area contributed by atoms with Gasteiger partial charge in [0, 0.05) is 12.1 Å². The van der Waals surface area contributed by atoms with Crippen molar-refractivity contribution in [3.05, 3.63) is 0 Å². The molecule has 0 bridgehead atoms. The number of hydrogen-bond donors (Lipinski definition) is 0. The largest absolute Gasteiger partial charge is 0.306 e. The van der Waals surface area contributed by atoms with Crippen LogP contribution in [0.15, 0.2) is 0 Å². The van der Waals surface area contributed by atoms with E-state index >= 15 is 0 Å². The number of hydrogen-bond acceptors (Lipinski definition) is 2. The van der Waals surface area contributed by atoms with E-state index in [4.69, 9.17) is 0 Å². The monoisotopic (exact) mass is 224 g/mol. The Morgan fingerprint density at radius 2 is 1.44 bits per heavy atom. The van der Waals surface area contributed by atoms with Gasteiger partial charge in [0.1, 0.15) is 0 Å². The van der Waals surface area contributed by atoms with Crippen LogP contribution in [0, 0.1) is 11.8 Å². The van der Waals surface area contributed by atoms with Gasteiger partial charge in [0.05, 0.1) is 0 Å². The normalized spacial score (nSPS) is 31.1. The zero-order chi connectivity index (χ0) is 11.8. The molecule has 0 aromatic heterocycles. The topological polar surface area (TPSA) is 6.48 Å². The zero-order valence-corrected chi connectivity index (χ0v) is 11.5. The lowest BCUT2D eigenvalue weighted by molar-refractivity contribution is 0.138. The van der Waals surface area contributed by atoms with Crippen LogP contribution in [0.2, 0.25) is 0 Å². The fourth-order valence-electron chi connectivity index (χ4n) is 3.28. The molecule has 2 aliphatic heterocycles. The van der Waals surface area contributed by atoms with Crippen molar-refractivity contribution in [2.45, 2.75) is 45.6 Å². The van der Waals surface area contributed by atoms with Crippen molar-refractivity contribution in [3.63, 3.8) is 0 Å². The molecule has 2 heterocycles. The molecule has 94 valence electrons. The Kier molecular flexibility index (Phi) is 3.60. The van der Waals surface area contributed by atoms with Crippen LogP contribution in [0.4, 0.5) is 0 Å². The summed E-state index contributed by atoms with van der Waals surface area (Å²) in [6.45, 7) is 12.4. The van der Waals surface area contributed by atoms with Gasteiger partial charge in [0.2, 0.25) is 0 Å². The highest BCUT2D eigenvalue weighted by molar-refractivity contribution is 4.88. The minimum atomic E-state index is 0.375. The number of piperidine rings is 1. The smallest absolute Gasteiger partial charge is 0.0125 e. The van der Waals surface area contributed by atoms with Gasteiger partial charge in [-0.3, -0.25) is 4.90 Å². The van der Waals surface area contributed by atoms with Gasteiger partial charge in [0.25, 0.3) is 0 Å². The summed E-state index contributed by atoms with van der Waals surface area (Å²) in [6.07, 6.45) is 4.30. The first-order valence-corrected chi connectivity index (χ1v) is 6.90. The Labute approximate surface area is 101 Å². The molecule has 16 heavy (non-hydrogen) atoms. The number of rotatable bonds is 1. The van der Waals surface area contributed by atoms with Crippen molar-refractivity contribution in [1.29, 1.82) is 0 Å². The van der Waals surface area contributed by atoms with Crippen molar-refractivity contribution < 1.29 is 0 Å². The van der Waals surface area contributed by atoms with Crippen LogP contribution >= 0.6 is 0 Å². The summed E-state index contributed by atoms with van der Waals surface area (Å²) >= 11 is 0. The zero-order valence-electron chi connectivity index (χ0n) is 11.5. The lowest BCUT2D eigenvalue weighted by Crippen LogP contribution is -2.40. The average molecular weight is 224 g/mol. The first-order valence-electron chi connectivity index (χ1n) is 6.90. The number of likely N-dealkylation sites (tertiary alicyclic amines) is 2. The highest BCUT2D eigenvalue weighted by atomic mass is 15.2. The molecule has 1 unspecified atom stereocenters. The van der Waals surface area contributed by atoms with Gasteiger partial charge in [-0.2, -0.15) is 0 Å². The van der Waals surface area contributed by atoms with Crippen LogP contribution in [-0.4, -0.2) is 48.6 Å². The molecule has 2 aliphatic rings. The number of nitrogens with zero attached hydrogens (tertiary/aromatic N) is 2. The molecule has 0 aromatic rings. The fraction of sp³-hybridized carbons (Fsp3) is 1.00. The van der Waals surface area contributed by atoms with E-state index in [1.54, 1.807) is 0 Å². The Morgan fingerprint density at radius 3 is 1.94 bits per heavy atom. The van der Waals surface area contributed by atoms with E-state index in [9.17, 15) is 0 Å². The second kappa shape index (κ2) is 4.66. The van der Waals surface area contributed by atoms with Crippen LogP contribution in [0.1, 0.15) is 40.0 Å². The quantitative estimate of drug-likeness (QED) is 0.675. The molecule has 0 aromatic carbocycles. The summed E-state index contributed by atoms with van der Waals surface area (Å²) in [4.78, 5) is 5.16. The van der Waals surface area contributed by atoms with E-state index in [1.165, 1.54) is 45.4 Å². The predicted octanol–water partition coefficient (Wildman–Crippen LogP) is 2.45. The van der Waals surface area contributed by atoms with Gasteiger partial charge in [-0.05, 0) is 78.6 Å². The van der Waals surface area contributed by atoms with Gasteiger partial charge >= 0.3 is 0 Å². The Bertz CT molecular complexity index is 223. The molecule has 2 heteroatoms. The van der Waals surface area contributed by atoms with Crippen LogP contribution in [0.25, 0.3) is 0 Å². The Balaban J connectivity index is 1.84. The second-order valence-corrected chi connectivity index (χ2v) is 6.81. The van der Waals surface area contributed by atoms with Gasteiger partial charge in [-0.1, -0.05) is 0 Å². The highest BCUT2D eigenvalue weighted by Crippen LogP contribution is 2.34. The van der Waals surface area contributed by atoms with Crippen molar-refractivity contribution in [3.8, 4) is 0 Å². The van der Waals surface area contributed by atoms with Gasteiger partial charge in [-0.25, -0.2) is 0 Å². The minimum Gasteiger partial charge on any atom is -0.306 e. The molecule has 0 spiro atoms. The van der Waals surface area contributed by atoms with E-state index in [-0.39, 0.29) is 0 Å². The first kappa shape index (κ1) is 12.4. The standard InChI is InChI=1S/C14H28N2/c1-14(2,3)16-10-7-13(11-16)12-5-8-15(4)9-6-12/h12-13H,5-11H2,1-4H3. The molecule has 0 N–H and O–H groups in total. The minimum absolute atomic E-state index is 0.375. The SMILES string of the molecule is CN1CCC(C2CCN(C(C)(C)C)C2)CC1. The van der Waals surface area contributed by atoms with Crippen LogP contribution < -0.4 is 0 Å². The molecule has 0 saturated carbocycles. The third-order valence-electron chi connectivity index (χ3n) is 4.60. The second-order valence-electron chi connectivity index (χ2n) is 6.81. The van der Waals surface area contributed by atoms with Crippen molar-refractivity contribution in [2.24, 2.45) is 11.8 Å². The lowest BCUT2D eigenvalue weighted by Gasteiger charge is -2.35. The van der Waals surface area contributed by atoms with Gasteiger partial charge < -0.3 is 4.90 Å². The first-order chi connectivity index (χ1) is 7.47. The summed E-state index contributed by atoms with van der Waals surface area (Å²) < 4.78 is 0. The van der Waals surface area contributed by atoms with Gasteiger partial charge in [-0.15, -0.1) is 0 Å². The summed E-state index contributed by atoms with van der Waals surface area (Å²) in [5.41, 5.74) is 0.375. The molecular formula is C14H28N2. The lowest BCUT2D eigenvalue weighted by atomic mass is 9.84. The molecule has 2 fully saturated rings. The van der Waals surface area contributed by atoms with E-state index in [0.717, 1.165) is 11.8 Å². The maximum Gasteiger partial charge on any atom is 0.0125 e. The van der Waals surface area contributed by atoms with Crippen molar-refractivity contribution in [2.75, 3.05) is 33.2 Å². The van der Waals surface area contributed by atoms with E-state index in [0.29, 0.717) is 5.54 Å². The van der Waals surface area contributed by atoms with Crippen LogP contribution in [0.5, 0.6) is 0 Å². The maximum atomic E-state index is 2.68. The predicted molar refractivity (Wildman–Crippen MR) is 69.7 cm³/mol. The molecule has 2 rings (SSSR count). The summed E-state index contributed by atoms with van der Waals surface area (Å²) in [7, 11) is 2.26. The van der Waals surface area contributed by atoms with E-state index < -0.39 is 0 Å². The van der Waals surface area contributed by atoms with Crippen LogP contribution in [0.3, 0.4) is 0 Å². The summed E-state index contributed by atoms with van der Waals surface area (Å²) in [6, 6.07) is 0. The van der Waals surface area contributed by atoms with Crippen LogP contribution in [-0.2, 0) is 0 Å². The highest BCUT2D eigenvalue weighted by Gasteiger charge is 2.35. The van der Waals surface area contributed by atoms with E-state index in [1.807, 2.05) is 0 Å². The fourth-order valence-corrected chi connectivity index (χ4v) is 3.28. The molecule has 2 nitrogen and oxygen atoms in total. The maximum absolute atomic E-state index is 2.68. The van der Waals surface area contributed by atoms with Crippen molar-refractivity contribution in [1.82, 2.24) is 9.80 Å².